The molecule has 0 radical (unpaired) electrons. The third-order valence-corrected chi connectivity index (χ3v) is 1.18. The molecule has 0 aromatic carbocycles. The Bertz CT molecular complexity index is 136. The van der Waals surface area contributed by atoms with Crippen LogP contribution >= 0.6 is 0 Å². The summed E-state index contributed by atoms with van der Waals surface area (Å²) in [6.07, 6.45) is 1.60. The lowest BCUT2D eigenvalue weighted by Crippen LogP contribution is -2.40. The van der Waals surface area contributed by atoms with Gasteiger partial charge in [0.05, 0.1) is 13.7 Å². The number of carbonyl (C=O) groups excluding carboxylic acids is 1. The molecule has 0 aliphatic heterocycles. The first-order valence-corrected chi connectivity index (χ1v) is 3.29. The van der Waals surface area contributed by atoms with Crippen LogP contribution in [-0.4, -0.2) is 37.4 Å². The van der Waals surface area contributed by atoms with E-state index in [1.54, 1.807) is 6.08 Å². The van der Waals surface area contributed by atoms with Crippen molar-refractivity contribution in [3.63, 3.8) is 0 Å². The first kappa shape index (κ1) is 10.1. The van der Waals surface area contributed by atoms with Gasteiger partial charge in [-0.1, -0.05) is 6.08 Å². The van der Waals surface area contributed by atoms with Crippen LogP contribution in [0.1, 0.15) is 0 Å². The third-order valence-electron chi connectivity index (χ3n) is 1.18. The summed E-state index contributed by atoms with van der Waals surface area (Å²) in [7, 11) is 1.28. The average Bonchev–Trinajstić information content (AvgIpc) is 2.05. The molecule has 0 aliphatic carbocycles. The van der Waals surface area contributed by atoms with Crippen molar-refractivity contribution in [3.05, 3.63) is 12.7 Å². The summed E-state index contributed by atoms with van der Waals surface area (Å²) >= 11 is 0. The number of ether oxygens (including phenoxy) is 1. The van der Waals surface area contributed by atoms with Gasteiger partial charge in [0.1, 0.15) is 6.04 Å². The molecule has 4 heteroatoms. The summed E-state index contributed by atoms with van der Waals surface area (Å²) in [5.74, 6) is -0.464. The fourth-order valence-corrected chi connectivity index (χ4v) is 0.590. The topological polar surface area (TPSA) is 58.6 Å². The number of carbonyl (C=O) groups is 1. The molecule has 4 nitrogen and oxygen atoms in total. The molecule has 0 spiro atoms. The van der Waals surface area contributed by atoms with Crippen molar-refractivity contribution in [2.24, 2.45) is 0 Å². The van der Waals surface area contributed by atoms with Crippen molar-refractivity contribution < 1.29 is 14.6 Å². The zero-order valence-corrected chi connectivity index (χ0v) is 6.54. The van der Waals surface area contributed by atoms with Gasteiger partial charge in [-0.3, -0.25) is 10.1 Å². The molecule has 0 saturated heterocycles. The molecule has 0 amide bonds. The predicted molar refractivity (Wildman–Crippen MR) is 41.1 cm³/mol. The van der Waals surface area contributed by atoms with Crippen molar-refractivity contribution in [2.75, 3.05) is 20.3 Å². The maximum atomic E-state index is 10.8. The van der Waals surface area contributed by atoms with Crippen LogP contribution in [0.4, 0.5) is 0 Å². The Labute approximate surface area is 65.9 Å². The molecule has 0 aliphatic rings. The quantitative estimate of drug-likeness (QED) is 0.411. The largest absolute Gasteiger partial charge is 0.468 e. The number of aliphatic hydroxyl groups excluding tert-OH is 1. The van der Waals surface area contributed by atoms with Gasteiger partial charge in [-0.05, 0) is 0 Å². The maximum Gasteiger partial charge on any atom is 0.325 e. The second-order valence-electron chi connectivity index (χ2n) is 1.96. The van der Waals surface area contributed by atoms with Crippen molar-refractivity contribution in [1.82, 2.24) is 5.32 Å². The first-order valence-electron chi connectivity index (χ1n) is 3.29. The van der Waals surface area contributed by atoms with E-state index >= 15 is 0 Å². The van der Waals surface area contributed by atoms with Gasteiger partial charge in [0.25, 0.3) is 0 Å². The minimum absolute atomic E-state index is 0.263. The number of hydrogen-bond donors (Lipinski definition) is 2. The highest BCUT2D eigenvalue weighted by Gasteiger charge is 2.15. The van der Waals surface area contributed by atoms with Gasteiger partial charge in [-0.2, -0.15) is 0 Å². The lowest BCUT2D eigenvalue weighted by Gasteiger charge is -2.11. The van der Waals surface area contributed by atoms with Crippen LogP contribution in [-0.2, 0) is 9.53 Å². The van der Waals surface area contributed by atoms with Gasteiger partial charge < -0.3 is 9.84 Å². The minimum atomic E-state index is -0.641. The van der Waals surface area contributed by atoms with Crippen LogP contribution in [0.3, 0.4) is 0 Å². The van der Waals surface area contributed by atoms with E-state index in [1.807, 2.05) is 0 Å². The predicted octanol–water partition coefficient (Wildman–Crippen LogP) is -0.704. The fourth-order valence-electron chi connectivity index (χ4n) is 0.590. The molecule has 2 N–H and O–H groups in total. The number of rotatable bonds is 5. The summed E-state index contributed by atoms with van der Waals surface area (Å²) in [5, 5.41) is 11.4. The Hall–Kier alpha value is -0.870. The number of nitrogens with one attached hydrogen (secondary N) is 1. The maximum absolute atomic E-state index is 10.8. The van der Waals surface area contributed by atoms with Crippen LogP contribution in [0.15, 0.2) is 12.7 Å². The summed E-state index contributed by atoms with van der Waals surface area (Å²) in [6, 6.07) is -0.641. The number of aliphatic hydroxyl groups is 1. The van der Waals surface area contributed by atoms with Crippen molar-refractivity contribution in [1.29, 1.82) is 0 Å². The van der Waals surface area contributed by atoms with E-state index in [-0.39, 0.29) is 6.61 Å². The number of methoxy groups -OCH3 is 1. The van der Waals surface area contributed by atoms with Crippen LogP contribution in [0.2, 0.25) is 0 Å². The van der Waals surface area contributed by atoms with E-state index in [0.29, 0.717) is 6.54 Å². The molecule has 0 aromatic heterocycles. The molecule has 1 unspecified atom stereocenters. The summed E-state index contributed by atoms with van der Waals surface area (Å²) in [5.41, 5.74) is 0. The van der Waals surface area contributed by atoms with Crippen molar-refractivity contribution >= 4 is 5.97 Å². The van der Waals surface area contributed by atoms with E-state index in [9.17, 15) is 4.79 Å². The van der Waals surface area contributed by atoms with Gasteiger partial charge in [-0.15, -0.1) is 6.58 Å². The SMILES string of the molecule is C=CCNC(CO)C(=O)OC. The lowest BCUT2D eigenvalue weighted by atomic mass is 10.3. The fraction of sp³-hybridized carbons (Fsp3) is 0.571. The molecule has 0 bridgehead atoms. The van der Waals surface area contributed by atoms with Crippen LogP contribution in [0.5, 0.6) is 0 Å². The summed E-state index contributed by atoms with van der Waals surface area (Å²) in [6.45, 7) is 3.67. The van der Waals surface area contributed by atoms with Crippen molar-refractivity contribution in [2.45, 2.75) is 6.04 Å². The molecular weight excluding hydrogens is 146 g/mol. The minimum Gasteiger partial charge on any atom is -0.468 e. The summed E-state index contributed by atoms with van der Waals surface area (Å²) < 4.78 is 4.40. The summed E-state index contributed by atoms with van der Waals surface area (Å²) in [4.78, 5) is 10.8. The first-order chi connectivity index (χ1) is 5.26. The molecular formula is C7H13NO3. The van der Waals surface area contributed by atoms with E-state index in [2.05, 4.69) is 16.6 Å². The molecule has 0 heterocycles. The van der Waals surface area contributed by atoms with Gasteiger partial charge in [0.15, 0.2) is 0 Å². The van der Waals surface area contributed by atoms with E-state index in [4.69, 9.17) is 5.11 Å². The second-order valence-corrected chi connectivity index (χ2v) is 1.96. The highest BCUT2D eigenvalue weighted by atomic mass is 16.5. The molecule has 0 aromatic rings. The Balaban J connectivity index is 3.74. The molecule has 1 atom stereocenters. The standard InChI is InChI=1S/C7H13NO3/c1-3-4-8-6(5-9)7(10)11-2/h3,6,8-9H,1,4-5H2,2H3. The smallest absolute Gasteiger partial charge is 0.325 e. The molecule has 0 saturated carbocycles. The lowest BCUT2D eigenvalue weighted by molar-refractivity contribution is -0.144. The zero-order valence-electron chi connectivity index (χ0n) is 6.54. The van der Waals surface area contributed by atoms with Gasteiger partial charge in [0.2, 0.25) is 0 Å². The number of hydrogen-bond acceptors (Lipinski definition) is 4. The van der Waals surface area contributed by atoms with Crippen LogP contribution in [0.25, 0.3) is 0 Å². The van der Waals surface area contributed by atoms with Gasteiger partial charge >= 0.3 is 5.97 Å². The van der Waals surface area contributed by atoms with Gasteiger partial charge in [0, 0.05) is 6.54 Å². The third kappa shape index (κ3) is 3.75. The average molecular weight is 159 g/mol. The number of esters is 1. The highest BCUT2D eigenvalue weighted by Crippen LogP contribution is 1.85. The molecule has 64 valence electrons. The Morgan fingerprint density at radius 2 is 2.55 bits per heavy atom. The van der Waals surface area contributed by atoms with Crippen LogP contribution in [0, 0.1) is 0 Å². The van der Waals surface area contributed by atoms with Crippen LogP contribution < -0.4 is 5.32 Å². The van der Waals surface area contributed by atoms with Gasteiger partial charge in [-0.25, -0.2) is 0 Å². The monoisotopic (exact) mass is 159 g/mol. The highest BCUT2D eigenvalue weighted by molar-refractivity contribution is 5.75. The molecule has 0 fully saturated rings. The molecule has 11 heavy (non-hydrogen) atoms. The Kier molecular flexibility index (Phi) is 5.42. The van der Waals surface area contributed by atoms with E-state index in [1.165, 1.54) is 7.11 Å². The normalized spacial score (nSPS) is 12.2. The van der Waals surface area contributed by atoms with E-state index < -0.39 is 12.0 Å². The Morgan fingerprint density at radius 1 is 1.91 bits per heavy atom. The molecule has 0 rings (SSSR count). The Morgan fingerprint density at radius 3 is 2.91 bits per heavy atom. The van der Waals surface area contributed by atoms with E-state index in [0.717, 1.165) is 0 Å². The second kappa shape index (κ2) is 5.88. The zero-order chi connectivity index (χ0) is 8.69. The van der Waals surface area contributed by atoms with Crippen molar-refractivity contribution in [3.8, 4) is 0 Å².